The number of pyridine rings is 1. The Morgan fingerprint density at radius 3 is 2.83 bits per heavy atom. The molecule has 0 unspecified atom stereocenters. The van der Waals surface area contributed by atoms with E-state index in [1.54, 1.807) is 24.6 Å². The number of benzene rings is 2. The van der Waals surface area contributed by atoms with Crippen molar-refractivity contribution in [1.82, 2.24) is 10.3 Å². The molecule has 2 aromatic heterocycles. The SMILES string of the molecule is COc1ccc2ccccc2c1CCC(=O)NCc1cncc(-c2ccsc2)c1. The van der Waals surface area contributed by atoms with E-state index >= 15 is 0 Å². The van der Waals surface area contributed by atoms with E-state index < -0.39 is 0 Å². The van der Waals surface area contributed by atoms with Gasteiger partial charge in [-0.05, 0) is 57.3 Å². The highest BCUT2D eigenvalue weighted by molar-refractivity contribution is 7.08. The molecule has 5 heteroatoms. The van der Waals surface area contributed by atoms with E-state index in [2.05, 4.69) is 39.9 Å². The summed E-state index contributed by atoms with van der Waals surface area (Å²) >= 11 is 1.66. The lowest BCUT2D eigenvalue weighted by Gasteiger charge is -2.12. The van der Waals surface area contributed by atoms with Crippen molar-refractivity contribution < 1.29 is 9.53 Å². The molecule has 1 N–H and O–H groups in total. The first kappa shape index (κ1) is 19.2. The first-order chi connectivity index (χ1) is 14.2. The van der Waals surface area contributed by atoms with Gasteiger partial charge in [-0.2, -0.15) is 11.3 Å². The van der Waals surface area contributed by atoms with E-state index in [1.165, 1.54) is 0 Å². The standard InChI is InChI=1S/C24H22N2O2S/c1-28-23-8-6-18-4-2-3-5-21(18)22(23)7-9-24(27)26-14-17-12-20(15-25-13-17)19-10-11-29-16-19/h2-6,8,10-13,15-16H,7,9,14H2,1H3,(H,26,27). The molecule has 4 aromatic rings. The Hall–Kier alpha value is -3.18. The van der Waals surface area contributed by atoms with Crippen molar-refractivity contribution >= 4 is 28.0 Å². The number of fused-ring (bicyclic) bond motifs is 1. The largest absolute Gasteiger partial charge is 0.496 e. The molecule has 146 valence electrons. The van der Waals surface area contributed by atoms with E-state index in [-0.39, 0.29) is 5.91 Å². The molecule has 0 aliphatic rings. The van der Waals surface area contributed by atoms with Gasteiger partial charge in [-0.3, -0.25) is 9.78 Å². The van der Waals surface area contributed by atoms with Crippen molar-refractivity contribution in [3.63, 3.8) is 0 Å². The van der Waals surface area contributed by atoms with Crippen molar-refractivity contribution in [2.24, 2.45) is 0 Å². The van der Waals surface area contributed by atoms with Crippen LogP contribution < -0.4 is 10.1 Å². The van der Waals surface area contributed by atoms with E-state index in [9.17, 15) is 4.79 Å². The number of thiophene rings is 1. The lowest BCUT2D eigenvalue weighted by atomic mass is 9.99. The summed E-state index contributed by atoms with van der Waals surface area (Å²) in [5, 5.41) is 9.44. The van der Waals surface area contributed by atoms with Crippen molar-refractivity contribution in [1.29, 1.82) is 0 Å². The average molecular weight is 403 g/mol. The van der Waals surface area contributed by atoms with Gasteiger partial charge in [-0.15, -0.1) is 0 Å². The number of hydrogen-bond acceptors (Lipinski definition) is 4. The van der Waals surface area contributed by atoms with Gasteiger partial charge in [0, 0.05) is 36.5 Å². The zero-order chi connectivity index (χ0) is 20.1. The topological polar surface area (TPSA) is 51.2 Å². The highest BCUT2D eigenvalue weighted by atomic mass is 32.1. The van der Waals surface area contributed by atoms with E-state index in [0.29, 0.717) is 19.4 Å². The second-order valence-corrected chi connectivity index (χ2v) is 7.62. The Morgan fingerprint density at radius 2 is 2.00 bits per heavy atom. The van der Waals surface area contributed by atoms with Crippen molar-refractivity contribution in [3.8, 4) is 16.9 Å². The third-order valence-electron chi connectivity index (χ3n) is 4.96. The molecule has 0 radical (unpaired) electrons. The summed E-state index contributed by atoms with van der Waals surface area (Å²) in [5.41, 5.74) is 4.28. The molecule has 0 aliphatic carbocycles. The summed E-state index contributed by atoms with van der Waals surface area (Å²) in [7, 11) is 1.67. The quantitative estimate of drug-likeness (QED) is 0.461. The second-order valence-electron chi connectivity index (χ2n) is 6.84. The number of ether oxygens (including phenoxy) is 1. The molecule has 29 heavy (non-hydrogen) atoms. The maximum absolute atomic E-state index is 12.5. The number of nitrogens with one attached hydrogen (secondary N) is 1. The molecular weight excluding hydrogens is 380 g/mol. The number of carbonyl (C=O) groups is 1. The number of methoxy groups -OCH3 is 1. The van der Waals surface area contributed by atoms with Crippen LogP contribution in [0.15, 0.2) is 71.7 Å². The minimum atomic E-state index is 0.0147. The molecule has 0 saturated carbocycles. The maximum Gasteiger partial charge on any atom is 0.220 e. The number of rotatable bonds is 7. The fourth-order valence-electron chi connectivity index (χ4n) is 3.46. The van der Waals surface area contributed by atoms with Crippen LogP contribution in [0.2, 0.25) is 0 Å². The van der Waals surface area contributed by atoms with E-state index in [0.717, 1.165) is 38.8 Å². The van der Waals surface area contributed by atoms with Gasteiger partial charge in [0.1, 0.15) is 5.75 Å². The molecule has 0 bridgehead atoms. The van der Waals surface area contributed by atoms with Crippen molar-refractivity contribution in [2.75, 3.05) is 7.11 Å². The predicted octanol–water partition coefficient (Wildman–Crippen LogP) is 5.22. The van der Waals surface area contributed by atoms with Crippen LogP contribution >= 0.6 is 11.3 Å². The van der Waals surface area contributed by atoms with Gasteiger partial charge in [0.15, 0.2) is 0 Å². The average Bonchev–Trinajstić information content (AvgIpc) is 3.31. The summed E-state index contributed by atoms with van der Waals surface area (Å²) in [6.07, 6.45) is 4.68. The zero-order valence-electron chi connectivity index (χ0n) is 16.2. The van der Waals surface area contributed by atoms with Crippen LogP contribution in [-0.2, 0) is 17.8 Å². The summed E-state index contributed by atoms with van der Waals surface area (Å²) in [6, 6.07) is 16.3. The third kappa shape index (κ3) is 4.46. The van der Waals surface area contributed by atoms with Crippen molar-refractivity contribution in [2.45, 2.75) is 19.4 Å². The smallest absolute Gasteiger partial charge is 0.220 e. The van der Waals surface area contributed by atoms with E-state index in [1.807, 2.05) is 35.8 Å². The predicted molar refractivity (Wildman–Crippen MR) is 118 cm³/mol. The lowest BCUT2D eigenvalue weighted by Crippen LogP contribution is -2.23. The molecule has 4 rings (SSSR count). The van der Waals surface area contributed by atoms with Crippen LogP contribution in [0.4, 0.5) is 0 Å². The molecular formula is C24H22N2O2S. The third-order valence-corrected chi connectivity index (χ3v) is 5.64. The Kier molecular flexibility index (Phi) is 5.86. The van der Waals surface area contributed by atoms with Gasteiger partial charge >= 0.3 is 0 Å². The first-order valence-corrected chi connectivity index (χ1v) is 10.5. The highest BCUT2D eigenvalue weighted by Gasteiger charge is 2.11. The maximum atomic E-state index is 12.5. The first-order valence-electron chi connectivity index (χ1n) is 9.52. The van der Waals surface area contributed by atoms with Crippen LogP contribution in [0, 0.1) is 0 Å². The van der Waals surface area contributed by atoms with Gasteiger partial charge in [0.25, 0.3) is 0 Å². The van der Waals surface area contributed by atoms with E-state index in [4.69, 9.17) is 4.74 Å². The normalized spacial score (nSPS) is 10.8. The number of carbonyl (C=O) groups excluding carboxylic acids is 1. The fraction of sp³-hybridized carbons (Fsp3) is 0.167. The summed E-state index contributed by atoms with van der Waals surface area (Å²) in [5.74, 6) is 0.838. The number of amides is 1. The van der Waals surface area contributed by atoms with Crippen LogP contribution in [-0.4, -0.2) is 18.0 Å². The summed E-state index contributed by atoms with van der Waals surface area (Å²) < 4.78 is 5.52. The van der Waals surface area contributed by atoms with Crippen LogP contribution in [0.1, 0.15) is 17.5 Å². The van der Waals surface area contributed by atoms with Gasteiger partial charge < -0.3 is 10.1 Å². The van der Waals surface area contributed by atoms with Gasteiger partial charge in [-0.1, -0.05) is 30.3 Å². The van der Waals surface area contributed by atoms with Gasteiger partial charge in [0.05, 0.1) is 7.11 Å². The number of hydrogen-bond donors (Lipinski definition) is 1. The molecule has 4 nitrogen and oxygen atoms in total. The summed E-state index contributed by atoms with van der Waals surface area (Å²) in [4.78, 5) is 16.8. The number of nitrogens with zero attached hydrogens (tertiary/aromatic N) is 1. The summed E-state index contributed by atoms with van der Waals surface area (Å²) in [6.45, 7) is 0.469. The molecule has 2 heterocycles. The van der Waals surface area contributed by atoms with Crippen molar-refractivity contribution in [3.05, 3.63) is 82.8 Å². The molecule has 0 aliphatic heterocycles. The molecule has 2 aromatic carbocycles. The monoisotopic (exact) mass is 402 g/mol. The zero-order valence-corrected chi connectivity index (χ0v) is 17.0. The van der Waals surface area contributed by atoms with Crippen LogP contribution in [0.3, 0.4) is 0 Å². The molecule has 0 spiro atoms. The molecule has 0 atom stereocenters. The fourth-order valence-corrected chi connectivity index (χ4v) is 4.13. The number of aryl methyl sites for hydroxylation is 1. The molecule has 1 amide bonds. The van der Waals surface area contributed by atoms with Crippen LogP contribution in [0.25, 0.3) is 21.9 Å². The highest BCUT2D eigenvalue weighted by Crippen LogP contribution is 2.29. The molecule has 0 saturated heterocycles. The Labute approximate surface area is 174 Å². The number of aromatic nitrogens is 1. The second kappa shape index (κ2) is 8.88. The lowest BCUT2D eigenvalue weighted by molar-refractivity contribution is -0.121. The minimum absolute atomic E-state index is 0.0147. The Morgan fingerprint density at radius 1 is 1.10 bits per heavy atom. The van der Waals surface area contributed by atoms with Gasteiger partial charge in [-0.25, -0.2) is 0 Å². The Balaban J connectivity index is 1.40. The van der Waals surface area contributed by atoms with Crippen LogP contribution in [0.5, 0.6) is 5.75 Å². The Bertz CT molecular complexity index is 1120. The molecule has 0 fully saturated rings. The minimum Gasteiger partial charge on any atom is -0.496 e. The van der Waals surface area contributed by atoms with Gasteiger partial charge in [0.2, 0.25) is 5.91 Å².